The Labute approximate surface area is 188 Å². The van der Waals surface area contributed by atoms with Crippen LogP contribution in [-0.2, 0) is 10.0 Å². The Balaban J connectivity index is 1.89. The van der Waals surface area contributed by atoms with Gasteiger partial charge in [-0.05, 0) is 55.5 Å². The van der Waals surface area contributed by atoms with Crippen molar-refractivity contribution in [2.75, 3.05) is 10.1 Å². The molecule has 0 aromatic heterocycles. The summed E-state index contributed by atoms with van der Waals surface area (Å²) in [6.07, 6.45) is 0. The van der Waals surface area contributed by atoms with E-state index >= 15 is 0 Å². The fraction of sp³-hybridized carbons (Fsp3) is 0.0500. The van der Waals surface area contributed by atoms with Gasteiger partial charge in [-0.1, -0.05) is 11.6 Å². The third kappa shape index (κ3) is 5.25. The molecule has 3 rings (SSSR count). The third-order valence-corrected chi connectivity index (χ3v) is 5.92. The monoisotopic (exact) mass is 476 g/mol. The van der Waals surface area contributed by atoms with Crippen LogP contribution in [0.5, 0.6) is 11.5 Å². The number of anilines is 2. The first-order chi connectivity index (χ1) is 15.1. The van der Waals surface area contributed by atoms with Crippen LogP contribution in [-0.4, -0.2) is 29.3 Å². The number of benzene rings is 3. The molecule has 0 heterocycles. The molecule has 4 N–H and O–H groups in total. The predicted octanol–water partition coefficient (Wildman–Crippen LogP) is 4.30. The Kier molecular flexibility index (Phi) is 6.51. The summed E-state index contributed by atoms with van der Waals surface area (Å²) in [5.74, 6) is -0.357. The quantitative estimate of drug-likeness (QED) is 0.225. The van der Waals surface area contributed by atoms with Gasteiger partial charge in [-0.15, -0.1) is 0 Å². The Morgan fingerprint density at radius 2 is 1.75 bits per heavy atom. The maximum Gasteiger partial charge on any atom is 0.295 e. The summed E-state index contributed by atoms with van der Waals surface area (Å²) in [5.41, 5.74) is 2.75. The summed E-state index contributed by atoms with van der Waals surface area (Å²) in [5, 5.41) is 35.2. The van der Waals surface area contributed by atoms with E-state index in [2.05, 4.69) is 15.2 Å². The molecule has 0 saturated carbocycles. The molecule has 0 fully saturated rings. The number of hydrazone groups is 1. The summed E-state index contributed by atoms with van der Waals surface area (Å²) in [6.45, 7) is 1.54. The van der Waals surface area contributed by atoms with Gasteiger partial charge >= 0.3 is 0 Å². The molecule has 0 amide bonds. The van der Waals surface area contributed by atoms with Crippen LogP contribution in [0.3, 0.4) is 0 Å². The fourth-order valence-electron chi connectivity index (χ4n) is 2.69. The number of hydrogen-bond donors (Lipinski definition) is 4. The molecule has 0 saturated heterocycles. The molecule has 0 aliphatic heterocycles. The summed E-state index contributed by atoms with van der Waals surface area (Å²) in [4.78, 5) is 10.5. The Morgan fingerprint density at radius 1 is 1.06 bits per heavy atom. The van der Waals surface area contributed by atoms with E-state index in [-0.39, 0.29) is 33.5 Å². The molecule has 0 atom stereocenters. The molecule has 0 aliphatic rings. The van der Waals surface area contributed by atoms with Crippen LogP contribution in [0, 0.1) is 10.1 Å². The van der Waals surface area contributed by atoms with Crippen LogP contribution < -0.4 is 10.1 Å². The van der Waals surface area contributed by atoms with E-state index in [4.69, 9.17) is 11.6 Å². The van der Waals surface area contributed by atoms with Gasteiger partial charge in [0, 0.05) is 28.4 Å². The van der Waals surface area contributed by atoms with Crippen molar-refractivity contribution in [2.45, 2.75) is 11.8 Å². The highest BCUT2D eigenvalue weighted by Crippen LogP contribution is 2.29. The molecule has 166 valence electrons. The van der Waals surface area contributed by atoms with Crippen LogP contribution in [0.1, 0.15) is 12.5 Å². The summed E-state index contributed by atoms with van der Waals surface area (Å²) < 4.78 is 27.6. The minimum absolute atomic E-state index is 0.0574. The zero-order valence-corrected chi connectivity index (χ0v) is 18.1. The lowest BCUT2D eigenvalue weighted by atomic mass is 10.1. The Morgan fingerprint density at radius 3 is 2.38 bits per heavy atom. The average Bonchev–Trinajstić information content (AvgIpc) is 2.73. The van der Waals surface area contributed by atoms with Crippen molar-refractivity contribution in [3.63, 3.8) is 0 Å². The second-order valence-electron chi connectivity index (χ2n) is 6.56. The first kappa shape index (κ1) is 22.8. The molecule has 3 aromatic rings. The standard InChI is InChI=1S/C20H17ClN4O6S/c1-12(17-8-6-15(26)10-20(17)27)22-23-18-9-7-16(11-19(18)25(28)29)32(30,31)24-14-4-2-13(21)3-5-14/h2-11,23-24,26-27H,1H3. The minimum atomic E-state index is -4.10. The third-order valence-electron chi connectivity index (χ3n) is 4.29. The van der Waals surface area contributed by atoms with Crippen LogP contribution in [0.4, 0.5) is 17.1 Å². The maximum absolute atomic E-state index is 12.6. The van der Waals surface area contributed by atoms with Gasteiger partial charge in [-0.2, -0.15) is 5.10 Å². The van der Waals surface area contributed by atoms with E-state index in [1.165, 1.54) is 48.5 Å². The summed E-state index contributed by atoms with van der Waals surface area (Å²) in [6, 6.07) is 13.1. The van der Waals surface area contributed by atoms with Gasteiger partial charge in [0.25, 0.3) is 15.7 Å². The lowest BCUT2D eigenvalue weighted by molar-refractivity contribution is -0.384. The van der Waals surface area contributed by atoms with Gasteiger partial charge in [0.2, 0.25) is 0 Å². The molecule has 32 heavy (non-hydrogen) atoms. The number of halogens is 1. The number of hydrogen-bond acceptors (Lipinski definition) is 8. The van der Waals surface area contributed by atoms with Crippen molar-refractivity contribution in [1.82, 2.24) is 0 Å². The highest BCUT2D eigenvalue weighted by atomic mass is 35.5. The number of aromatic hydroxyl groups is 2. The van der Waals surface area contributed by atoms with Crippen molar-refractivity contribution in [2.24, 2.45) is 5.10 Å². The number of nitrogens with one attached hydrogen (secondary N) is 2. The molecule has 0 radical (unpaired) electrons. The molecule has 10 nitrogen and oxygen atoms in total. The van der Waals surface area contributed by atoms with E-state index in [9.17, 15) is 28.7 Å². The molecular weight excluding hydrogens is 460 g/mol. The first-order valence-electron chi connectivity index (χ1n) is 8.96. The van der Waals surface area contributed by atoms with Crippen LogP contribution in [0.15, 0.2) is 70.7 Å². The van der Waals surface area contributed by atoms with Crippen LogP contribution in [0.2, 0.25) is 5.02 Å². The van der Waals surface area contributed by atoms with Crippen molar-refractivity contribution in [3.05, 3.63) is 81.4 Å². The Bertz CT molecular complexity index is 1310. The van der Waals surface area contributed by atoms with Gasteiger partial charge in [0.1, 0.15) is 17.2 Å². The number of nitro benzene ring substituents is 1. The topological polar surface area (TPSA) is 154 Å². The molecular formula is C20H17ClN4O6S. The first-order valence-corrected chi connectivity index (χ1v) is 10.8. The fourth-order valence-corrected chi connectivity index (χ4v) is 3.89. The van der Waals surface area contributed by atoms with Crippen molar-refractivity contribution < 1.29 is 23.6 Å². The Hall–Kier alpha value is -3.83. The van der Waals surface area contributed by atoms with E-state index in [0.29, 0.717) is 10.6 Å². The second-order valence-corrected chi connectivity index (χ2v) is 8.68. The van der Waals surface area contributed by atoms with Crippen LogP contribution >= 0.6 is 11.6 Å². The number of sulfonamides is 1. The summed E-state index contributed by atoms with van der Waals surface area (Å²) in [7, 11) is -4.10. The van der Waals surface area contributed by atoms with E-state index in [1.807, 2.05) is 0 Å². The van der Waals surface area contributed by atoms with Gasteiger partial charge < -0.3 is 10.2 Å². The molecule has 3 aromatic carbocycles. The van der Waals surface area contributed by atoms with E-state index < -0.39 is 20.6 Å². The molecule has 0 spiro atoms. The molecule has 0 bridgehead atoms. The molecule has 0 aliphatic carbocycles. The van der Waals surface area contributed by atoms with Gasteiger partial charge in [-0.25, -0.2) is 8.42 Å². The number of nitro groups is 1. The second kappa shape index (κ2) is 9.12. The van der Waals surface area contributed by atoms with Crippen molar-refractivity contribution in [1.29, 1.82) is 0 Å². The van der Waals surface area contributed by atoms with Crippen LogP contribution in [0.25, 0.3) is 0 Å². The highest BCUT2D eigenvalue weighted by Gasteiger charge is 2.22. The smallest absolute Gasteiger partial charge is 0.295 e. The minimum Gasteiger partial charge on any atom is -0.508 e. The number of nitrogens with zero attached hydrogens (tertiary/aromatic N) is 2. The normalized spacial score (nSPS) is 11.8. The predicted molar refractivity (Wildman–Crippen MR) is 121 cm³/mol. The highest BCUT2D eigenvalue weighted by molar-refractivity contribution is 7.92. The molecule has 0 unspecified atom stereocenters. The van der Waals surface area contributed by atoms with E-state index in [0.717, 1.165) is 12.1 Å². The lowest BCUT2D eigenvalue weighted by Gasteiger charge is -2.10. The summed E-state index contributed by atoms with van der Waals surface area (Å²) >= 11 is 5.78. The van der Waals surface area contributed by atoms with Crippen molar-refractivity contribution in [3.8, 4) is 11.5 Å². The van der Waals surface area contributed by atoms with E-state index in [1.54, 1.807) is 6.92 Å². The zero-order valence-electron chi connectivity index (χ0n) is 16.5. The van der Waals surface area contributed by atoms with Gasteiger partial charge in [-0.3, -0.25) is 20.3 Å². The average molecular weight is 477 g/mol. The molecule has 12 heteroatoms. The van der Waals surface area contributed by atoms with Crippen molar-refractivity contribution >= 4 is 44.4 Å². The number of rotatable bonds is 7. The number of phenols is 2. The maximum atomic E-state index is 12.6. The SMILES string of the molecule is CC(=NNc1ccc(S(=O)(=O)Nc2ccc(Cl)cc2)cc1[N+](=O)[O-])c1ccc(O)cc1O. The van der Waals surface area contributed by atoms with Gasteiger partial charge in [0.15, 0.2) is 0 Å². The van der Waals surface area contributed by atoms with Gasteiger partial charge in [0.05, 0.1) is 15.5 Å². The largest absolute Gasteiger partial charge is 0.508 e. The number of phenolic OH excluding ortho intramolecular Hbond substituents is 2. The lowest BCUT2D eigenvalue weighted by Crippen LogP contribution is -2.13. The zero-order chi connectivity index (χ0) is 23.5.